The van der Waals surface area contributed by atoms with Gasteiger partial charge in [0, 0.05) is 6.42 Å². The van der Waals surface area contributed by atoms with Crippen LogP contribution in [0.25, 0.3) is 10.4 Å². The number of ether oxygens (including phenoxy) is 1. The fraction of sp³-hybridized carbons (Fsp3) is 0.381. The molecule has 10 heteroatoms. The van der Waals surface area contributed by atoms with Gasteiger partial charge in [0.15, 0.2) is 10.8 Å². The second-order valence-corrected chi connectivity index (χ2v) is 8.70. The zero-order valence-electron chi connectivity index (χ0n) is 16.8. The van der Waals surface area contributed by atoms with Crippen LogP contribution in [0.15, 0.2) is 24.3 Å². The highest BCUT2D eigenvalue weighted by atomic mass is 32.1. The van der Waals surface area contributed by atoms with E-state index in [1.54, 1.807) is 6.07 Å². The summed E-state index contributed by atoms with van der Waals surface area (Å²) in [5, 5.41) is 2.62. The van der Waals surface area contributed by atoms with Crippen molar-refractivity contribution >= 4 is 40.2 Å². The largest absolute Gasteiger partial charge is 0.464 e. The predicted octanol–water partition coefficient (Wildman–Crippen LogP) is 2.99. The van der Waals surface area contributed by atoms with Crippen molar-refractivity contribution in [1.82, 2.24) is 9.88 Å². The van der Waals surface area contributed by atoms with Gasteiger partial charge in [-0.15, -0.1) is 0 Å². The summed E-state index contributed by atoms with van der Waals surface area (Å²) >= 11 is 0.973. The van der Waals surface area contributed by atoms with Crippen LogP contribution >= 0.6 is 11.3 Å². The van der Waals surface area contributed by atoms with Crippen LogP contribution in [-0.2, 0) is 19.1 Å². The summed E-state index contributed by atoms with van der Waals surface area (Å²) < 4.78 is 18.4. The number of thiazole rings is 1. The van der Waals surface area contributed by atoms with E-state index in [4.69, 9.17) is 4.74 Å². The molecule has 1 aliphatic heterocycles. The Balaban J connectivity index is 1.53. The standard InChI is InChI=1S/C21H20FN3O5S/c1-30-18(28)16-17(12-5-4-6-13(22)9-12)31-20(24-16)23-14(26)11-25-15(27)10-21(19(25)29)7-2-3-8-21/h4-6,9H,2-3,7-8,10-11H2,1H3,(H,23,24,26). The number of imide groups is 1. The van der Waals surface area contributed by atoms with E-state index in [9.17, 15) is 23.6 Å². The van der Waals surface area contributed by atoms with Crippen LogP contribution in [0.5, 0.6) is 0 Å². The van der Waals surface area contributed by atoms with Gasteiger partial charge in [-0.1, -0.05) is 36.3 Å². The summed E-state index contributed by atoms with van der Waals surface area (Å²) in [5.74, 6) is -2.46. The molecule has 2 aliphatic rings. The number of anilines is 1. The monoisotopic (exact) mass is 445 g/mol. The zero-order chi connectivity index (χ0) is 22.2. The number of methoxy groups -OCH3 is 1. The lowest BCUT2D eigenvalue weighted by atomic mass is 9.84. The van der Waals surface area contributed by atoms with E-state index in [1.165, 1.54) is 25.3 Å². The molecule has 31 heavy (non-hydrogen) atoms. The quantitative estimate of drug-likeness (QED) is 0.560. The molecule has 1 aromatic heterocycles. The highest BCUT2D eigenvalue weighted by Crippen LogP contribution is 2.46. The van der Waals surface area contributed by atoms with E-state index >= 15 is 0 Å². The van der Waals surface area contributed by atoms with Crippen LogP contribution in [0.1, 0.15) is 42.6 Å². The van der Waals surface area contributed by atoms with Gasteiger partial charge in [0.05, 0.1) is 17.4 Å². The molecule has 3 amide bonds. The number of aromatic nitrogens is 1. The van der Waals surface area contributed by atoms with Gasteiger partial charge in [-0.25, -0.2) is 14.2 Å². The minimum Gasteiger partial charge on any atom is -0.464 e. The third kappa shape index (κ3) is 3.95. The number of carbonyl (C=O) groups is 4. The van der Waals surface area contributed by atoms with E-state index in [1.807, 2.05) is 0 Å². The normalized spacial score (nSPS) is 17.4. The second-order valence-electron chi connectivity index (χ2n) is 7.70. The van der Waals surface area contributed by atoms with Gasteiger partial charge in [0.2, 0.25) is 17.7 Å². The number of nitrogens with zero attached hydrogens (tertiary/aromatic N) is 2. The highest BCUT2D eigenvalue weighted by Gasteiger charge is 2.52. The predicted molar refractivity (Wildman–Crippen MR) is 110 cm³/mol. The first-order chi connectivity index (χ1) is 14.8. The number of amides is 3. The maximum absolute atomic E-state index is 13.6. The smallest absolute Gasteiger partial charge is 0.358 e. The Kier molecular flexibility index (Phi) is 5.57. The molecule has 1 N–H and O–H groups in total. The summed E-state index contributed by atoms with van der Waals surface area (Å²) in [6.07, 6.45) is 3.28. The third-order valence-corrected chi connectivity index (χ3v) is 6.71. The maximum Gasteiger partial charge on any atom is 0.358 e. The minimum atomic E-state index is -0.732. The Morgan fingerprint density at radius 1 is 1.29 bits per heavy atom. The number of halogens is 1. The Morgan fingerprint density at radius 2 is 2.03 bits per heavy atom. The molecule has 0 unspecified atom stereocenters. The van der Waals surface area contributed by atoms with Crippen molar-refractivity contribution in [3.8, 4) is 10.4 Å². The van der Waals surface area contributed by atoms with E-state index in [2.05, 4.69) is 10.3 Å². The molecule has 2 heterocycles. The van der Waals surface area contributed by atoms with Crippen LogP contribution in [-0.4, -0.2) is 47.2 Å². The Hall–Kier alpha value is -3.14. The number of nitrogens with one attached hydrogen (secondary N) is 1. The molecule has 0 atom stereocenters. The minimum absolute atomic E-state index is 0.0633. The molecule has 1 aromatic carbocycles. The summed E-state index contributed by atoms with van der Waals surface area (Å²) in [6.45, 7) is -0.415. The van der Waals surface area contributed by atoms with Gasteiger partial charge in [0.25, 0.3) is 0 Å². The molecule has 8 nitrogen and oxygen atoms in total. The Morgan fingerprint density at radius 3 is 2.71 bits per heavy atom. The van der Waals surface area contributed by atoms with E-state index in [-0.39, 0.29) is 29.1 Å². The van der Waals surface area contributed by atoms with Crippen molar-refractivity contribution in [3.63, 3.8) is 0 Å². The number of benzene rings is 1. The van der Waals surface area contributed by atoms with Gasteiger partial charge < -0.3 is 10.1 Å². The third-order valence-electron chi connectivity index (χ3n) is 5.69. The summed E-state index contributed by atoms with van der Waals surface area (Å²) in [7, 11) is 1.19. The van der Waals surface area contributed by atoms with Crippen molar-refractivity contribution in [2.75, 3.05) is 19.0 Å². The first kappa shape index (κ1) is 21.1. The van der Waals surface area contributed by atoms with Crippen molar-refractivity contribution < 1.29 is 28.3 Å². The molecular weight excluding hydrogens is 425 g/mol. The van der Waals surface area contributed by atoms with Crippen molar-refractivity contribution in [2.45, 2.75) is 32.1 Å². The van der Waals surface area contributed by atoms with Crippen LogP contribution in [0.4, 0.5) is 9.52 Å². The molecule has 162 valence electrons. The highest BCUT2D eigenvalue weighted by molar-refractivity contribution is 7.19. The van der Waals surface area contributed by atoms with Crippen molar-refractivity contribution in [1.29, 1.82) is 0 Å². The lowest BCUT2D eigenvalue weighted by Crippen LogP contribution is -2.39. The molecule has 1 saturated heterocycles. The molecule has 2 fully saturated rings. The number of hydrogen-bond acceptors (Lipinski definition) is 7. The van der Waals surface area contributed by atoms with Gasteiger partial charge in [-0.3, -0.25) is 19.3 Å². The number of esters is 1. The van der Waals surface area contributed by atoms with Gasteiger partial charge in [-0.2, -0.15) is 0 Å². The number of likely N-dealkylation sites (tertiary alicyclic amines) is 1. The average molecular weight is 445 g/mol. The van der Waals surface area contributed by atoms with Crippen molar-refractivity contribution in [2.24, 2.45) is 5.41 Å². The van der Waals surface area contributed by atoms with Gasteiger partial charge >= 0.3 is 5.97 Å². The number of carbonyl (C=O) groups excluding carboxylic acids is 4. The van der Waals surface area contributed by atoms with Crippen LogP contribution in [0, 0.1) is 11.2 Å². The summed E-state index contributed by atoms with van der Waals surface area (Å²) in [5.41, 5.74) is -0.306. The molecular formula is C21H20FN3O5S. The topological polar surface area (TPSA) is 106 Å². The Labute approximate surface area is 181 Å². The van der Waals surface area contributed by atoms with Crippen LogP contribution in [0.2, 0.25) is 0 Å². The lowest BCUT2D eigenvalue weighted by Gasteiger charge is -2.20. The molecule has 2 aromatic rings. The first-order valence-corrected chi connectivity index (χ1v) is 10.6. The zero-order valence-corrected chi connectivity index (χ0v) is 17.6. The number of hydrogen-bond donors (Lipinski definition) is 1. The maximum atomic E-state index is 13.6. The van der Waals surface area contributed by atoms with Crippen LogP contribution < -0.4 is 5.32 Å². The molecule has 0 bridgehead atoms. The molecule has 4 rings (SSSR count). The molecule has 1 saturated carbocycles. The summed E-state index contributed by atoms with van der Waals surface area (Å²) in [4.78, 5) is 55.2. The fourth-order valence-corrected chi connectivity index (χ4v) is 5.16. The molecule has 1 aliphatic carbocycles. The van der Waals surface area contributed by atoms with E-state index in [0.717, 1.165) is 29.1 Å². The first-order valence-electron chi connectivity index (χ1n) is 9.83. The van der Waals surface area contributed by atoms with E-state index < -0.39 is 29.7 Å². The SMILES string of the molecule is COC(=O)c1nc(NC(=O)CN2C(=O)CC3(CCCC3)C2=O)sc1-c1cccc(F)c1. The summed E-state index contributed by atoms with van der Waals surface area (Å²) in [6, 6.07) is 5.62. The second kappa shape index (κ2) is 8.18. The molecule has 0 radical (unpaired) electrons. The van der Waals surface area contributed by atoms with Gasteiger partial charge in [-0.05, 0) is 30.5 Å². The van der Waals surface area contributed by atoms with Crippen molar-refractivity contribution in [3.05, 3.63) is 35.8 Å². The van der Waals surface area contributed by atoms with Crippen LogP contribution in [0.3, 0.4) is 0 Å². The fourth-order valence-electron chi connectivity index (χ4n) is 4.20. The van der Waals surface area contributed by atoms with Gasteiger partial charge in [0.1, 0.15) is 12.4 Å². The molecule has 1 spiro atoms. The Bertz CT molecular complexity index is 1080. The average Bonchev–Trinajstić information content (AvgIpc) is 3.43. The lowest BCUT2D eigenvalue weighted by molar-refractivity contribution is -0.143. The number of rotatable bonds is 5. The van der Waals surface area contributed by atoms with E-state index in [0.29, 0.717) is 23.3 Å².